The third-order valence-electron chi connectivity index (χ3n) is 2.76. The molecule has 1 aromatic carbocycles. The second kappa shape index (κ2) is 9.00. The summed E-state index contributed by atoms with van der Waals surface area (Å²) in [7, 11) is 1.69. The molecule has 0 saturated carbocycles. The lowest BCUT2D eigenvalue weighted by molar-refractivity contribution is 0.199. The predicted molar refractivity (Wildman–Crippen MR) is 86.6 cm³/mol. The van der Waals surface area contributed by atoms with Crippen LogP contribution >= 0.6 is 23.4 Å². The van der Waals surface area contributed by atoms with E-state index in [1.54, 1.807) is 18.9 Å². The second-order valence-corrected chi connectivity index (χ2v) is 5.82. The van der Waals surface area contributed by atoms with Crippen molar-refractivity contribution < 1.29 is 4.74 Å². The van der Waals surface area contributed by atoms with Crippen LogP contribution in [-0.2, 0) is 17.0 Å². The molecule has 0 radical (unpaired) electrons. The van der Waals surface area contributed by atoms with Crippen molar-refractivity contribution in [2.75, 3.05) is 20.3 Å². The molecule has 0 spiro atoms. The Morgan fingerprint density at radius 1 is 1.24 bits per heavy atom. The van der Waals surface area contributed by atoms with Crippen LogP contribution in [0.25, 0.3) is 0 Å². The van der Waals surface area contributed by atoms with Gasteiger partial charge in [-0.3, -0.25) is 0 Å². The van der Waals surface area contributed by atoms with E-state index in [9.17, 15) is 0 Å². The molecule has 0 unspecified atom stereocenters. The van der Waals surface area contributed by atoms with Gasteiger partial charge in [-0.1, -0.05) is 23.7 Å². The average molecular weight is 324 g/mol. The Balaban J connectivity index is 1.81. The monoisotopic (exact) mass is 323 g/mol. The van der Waals surface area contributed by atoms with Crippen LogP contribution in [0, 0.1) is 0 Å². The van der Waals surface area contributed by atoms with Crippen molar-refractivity contribution >= 4 is 23.4 Å². The molecule has 2 rings (SSSR count). The zero-order valence-electron chi connectivity index (χ0n) is 11.9. The molecule has 0 aliphatic carbocycles. The van der Waals surface area contributed by atoms with Crippen LogP contribution in [0.15, 0.2) is 41.6 Å². The van der Waals surface area contributed by atoms with Gasteiger partial charge in [0.25, 0.3) is 0 Å². The molecular weight excluding hydrogens is 306 g/mol. The molecule has 1 N–H and O–H groups in total. The highest BCUT2D eigenvalue weighted by molar-refractivity contribution is 7.98. The quantitative estimate of drug-likeness (QED) is 0.597. The minimum Gasteiger partial charge on any atom is -0.383 e. The van der Waals surface area contributed by atoms with Gasteiger partial charge in [0.15, 0.2) is 0 Å². The predicted octanol–water partition coefficient (Wildman–Crippen LogP) is 3.16. The van der Waals surface area contributed by atoms with E-state index in [1.807, 2.05) is 36.7 Å². The van der Waals surface area contributed by atoms with E-state index in [1.165, 1.54) is 0 Å². The van der Waals surface area contributed by atoms with Crippen LogP contribution in [0.3, 0.4) is 0 Å². The SMILES string of the molecule is COCCNCc1cnc(CSc2ccccc2Cl)nc1. The first-order valence-corrected chi connectivity index (χ1v) is 8.02. The van der Waals surface area contributed by atoms with E-state index in [0.717, 1.165) is 34.4 Å². The van der Waals surface area contributed by atoms with E-state index in [-0.39, 0.29) is 0 Å². The molecule has 112 valence electrons. The summed E-state index contributed by atoms with van der Waals surface area (Å²) in [5.74, 6) is 1.52. The van der Waals surface area contributed by atoms with Gasteiger partial charge in [0.1, 0.15) is 5.82 Å². The van der Waals surface area contributed by atoms with E-state index < -0.39 is 0 Å². The Kier molecular flexibility index (Phi) is 6.95. The van der Waals surface area contributed by atoms with Crippen molar-refractivity contribution in [3.63, 3.8) is 0 Å². The van der Waals surface area contributed by atoms with Crippen molar-refractivity contribution in [1.82, 2.24) is 15.3 Å². The summed E-state index contributed by atoms with van der Waals surface area (Å²) in [6, 6.07) is 7.79. The Morgan fingerprint density at radius 2 is 2.00 bits per heavy atom. The number of methoxy groups -OCH3 is 1. The minimum atomic E-state index is 0.702. The first-order chi connectivity index (χ1) is 10.3. The van der Waals surface area contributed by atoms with Gasteiger partial charge in [-0.05, 0) is 12.1 Å². The minimum absolute atomic E-state index is 0.702. The first kappa shape index (κ1) is 16.2. The number of ether oxygens (including phenoxy) is 1. The fourth-order valence-corrected chi connectivity index (χ4v) is 2.77. The molecule has 21 heavy (non-hydrogen) atoms. The Morgan fingerprint density at radius 3 is 2.71 bits per heavy atom. The van der Waals surface area contributed by atoms with Crippen LogP contribution in [0.1, 0.15) is 11.4 Å². The van der Waals surface area contributed by atoms with Crippen molar-refractivity contribution in [1.29, 1.82) is 0 Å². The molecule has 1 heterocycles. The molecule has 0 bridgehead atoms. The number of benzene rings is 1. The average Bonchev–Trinajstić information content (AvgIpc) is 2.52. The molecule has 1 aromatic heterocycles. The highest BCUT2D eigenvalue weighted by Gasteiger charge is 2.03. The summed E-state index contributed by atoms with van der Waals surface area (Å²) >= 11 is 7.76. The maximum absolute atomic E-state index is 6.12. The molecule has 0 aliphatic heterocycles. The largest absolute Gasteiger partial charge is 0.383 e. The van der Waals surface area contributed by atoms with Crippen LogP contribution < -0.4 is 5.32 Å². The molecule has 0 aliphatic rings. The van der Waals surface area contributed by atoms with E-state index in [4.69, 9.17) is 16.3 Å². The lowest BCUT2D eigenvalue weighted by atomic mass is 10.3. The van der Waals surface area contributed by atoms with Crippen molar-refractivity contribution in [3.8, 4) is 0 Å². The van der Waals surface area contributed by atoms with Gasteiger partial charge < -0.3 is 10.1 Å². The molecule has 0 saturated heterocycles. The first-order valence-electron chi connectivity index (χ1n) is 6.66. The van der Waals surface area contributed by atoms with Crippen LogP contribution in [0.4, 0.5) is 0 Å². The lowest BCUT2D eigenvalue weighted by Crippen LogP contribution is -2.18. The molecular formula is C15H18ClN3OS. The zero-order valence-corrected chi connectivity index (χ0v) is 13.5. The standard InChI is InChI=1S/C15H18ClN3OS/c1-20-7-6-17-8-12-9-18-15(19-10-12)11-21-14-5-3-2-4-13(14)16/h2-5,9-10,17H,6-8,11H2,1H3. The molecule has 2 aromatic rings. The number of hydrogen-bond donors (Lipinski definition) is 1. The maximum atomic E-state index is 6.12. The van der Waals surface area contributed by atoms with E-state index in [2.05, 4.69) is 15.3 Å². The van der Waals surface area contributed by atoms with Gasteiger partial charge in [-0.25, -0.2) is 9.97 Å². The number of rotatable bonds is 8. The smallest absolute Gasteiger partial charge is 0.138 e. The summed E-state index contributed by atoms with van der Waals surface area (Å²) in [6.45, 7) is 2.27. The highest BCUT2D eigenvalue weighted by atomic mass is 35.5. The fourth-order valence-electron chi connectivity index (χ4n) is 1.66. The summed E-state index contributed by atoms with van der Waals surface area (Å²) < 4.78 is 4.98. The third kappa shape index (κ3) is 5.63. The van der Waals surface area contributed by atoms with Gasteiger partial charge in [0.05, 0.1) is 17.4 Å². The Bertz CT molecular complexity index is 551. The van der Waals surface area contributed by atoms with Crippen molar-refractivity contribution in [3.05, 3.63) is 53.1 Å². The number of hydrogen-bond acceptors (Lipinski definition) is 5. The molecule has 0 fully saturated rings. The molecule has 4 nitrogen and oxygen atoms in total. The van der Waals surface area contributed by atoms with Crippen LogP contribution in [-0.4, -0.2) is 30.2 Å². The number of aromatic nitrogens is 2. The summed E-state index contributed by atoms with van der Waals surface area (Å²) in [5, 5.41) is 4.02. The van der Waals surface area contributed by atoms with Crippen LogP contribution in [0.2, 0.25) is 5.02 Å². The van der Waals surface area contributed by atoms with E-state index >= 15 is 0 Å². The fraction of sp³-hybridized carbons (Fsp3) is 0.333. The van der Waals surface area contributed by atoms with Gasteiger partial charge in [-0.2, -0.15) is 0 Å². The summed E-state index contributed by atoms with van der Waals surface area (Å²) in [6.07, 6.45) is 3.71. The lowest BCUT2D eigenvalue weighted by Gasteiger charge is -2.05. The van der Waals surface area contributed by atoms with Gasteiger partial charge in [0.2, 0.25) is 0 Å². The van der Waals surface area contributed by atoms with E-state index in [0.29, 0.717) is 12.4 Å². The highest BCUT2D eigenvalue weighted by Crippen LogP contribution is 2.28. The van der Waals surface area contributed by atoms with Gasteiger partial charge >= 0.3 is 0 Å². The molecule has 0 atom stereocenters. The number of thioether (sulfide) groups is 1. The number of nitrogens with zero attached hydrogens (tertiary/aromatic N) is 2. The van der Waals surface area contributed by atoms with Crippen molar-refractivity contribution in [2.24, 2.45) is 0 Å². The van der Waals surface area contributed by atoms with Gasteiger partial charge in [-0.15, -0.1) is 11.8 Å². The second-order valence-electron chi connectivity index (χ2n) is 4.40. The molecule has 0 amide bonds. The van der Waals surface area contributed by atoms with Crippen molar-refractivity contribution in [2.45, 2.75) is 17.2 Å². The number of halogens is 1. The summed E-state index contributed by atoms with van der Waals surface area (Å²) in [5.41, 5.74) is 1.07. The third-order valence-corrected chi connectivity index (χ3v) is 4.28. The number of nitrogens with one attached hydrogen (secondary N) is 1. The normalized spacial score (nSPS) is 10.8. The van der Waals surface area contributed by atoms with Crippen LogP contribution in [0.5, 0.6) is 0 Å². The Hall–Kier alpha value is -1.14. The topological polar surface area (TPSA) is 47.0 Å². The molecule has 6 heteroatoms. The maximum Gasteiger partial charge on any atom is 0.138 e. The summed E-state index contributed by atoms with van der Waals surface area (Å²) in [4.78, 5) is 9.80. The Labute approximate surface area is 134 Å². The zero-order chi connectivity index (χ0) is 14.9. The van der Waals surface area contributed by atoms with Gasteiger partial charge in [0, 0.05) is 43.1 Å².